The highest BCUT2D eigenvalue weighted by molar-refractivity contribution is 7.89. The highest BCUT2D eigenvalue weighted by Gasteiger charge is 2.25. The first-order valence-electron chi connectivity index (χ1n) is 4.67. The van der Waals surface area contributed by atoms with Crippen LogP contribution in [0.4, 0.5) is 0 Å². The Balaban J connectivity index is 3.28. The molecular formula is C10H9ClN2O4S. The van der Waals surface area contributed by atoms with Crippen LogP contribution in [0.5, 0.6) is 0 Å². The Hall–Kier alpha value is -1.62. The molecule has 0 aliphatic rings. The molecule has 0 fully saturated rings. The van der Waals surface area contributed by atoms with E-state index < -0.39 is 22.5 Å². The van der Waals surface area contributed by atoms with Crippen LogP contribution in [0, 0.1) is 11.3 Å². The van der Waals surface area contributed by atoms with Crippen LogP contribution >= 0.6 is 11.6 Å². The zero-order chi connectivity index (χ0) is 13.9. The van der Waals surface area contributed by atoms with E-state index in [0.29, 0.717) is 4.31 Å². The normalized spacial score (nSPS) is 11.2. The summed E-state index contributed by atoms with van der Waals surface area (Å²) < 4.78 is 24.7. The lowest BCUT2D eigenvalue weighted by Crippen LogP contribution is -2.32. The quantitative estimate of drug-likeness (QED) is 0.888. The van der Waals surface area contributed by atoms with E-state index in [1.54, 1.807) is 6.07 Å². The standard InChI is InChI=1S/C10H9ClN2O4S/c1-13(6-10(14)15)18(16,17)9-4-7(5-12)2-3-8(9)11/h2-4H,6H2,1H3,(H,14,15). The summed E-state index contributed by atoms with van der Waals surface area (Å²) >= 11 is 5.76. The summed E-state index contributed by atoms with van der Waals surface area (Å²) in [6, 6.07) is 5.55. The molecule has 0 aliphatic heterocycles. The summed E-state index contributed by atoms with van der Waals surface area (Å²) in [6.07, 6.45) is 0. The molecule has 0 atom stereocenters. The Labute approximate surface area is 109 Å². The van der Waals surface area contributed by atoms with Gasteiger partial charge in [-0.1, -0.05) is 11.6 Å². The number of sulfonamides is 1. The first-order chi connectivity index (χ1) is 8.28. The fourth-order valence-corrected chi connectivity index (χ4v) is 2.83. The van der Waals surface area contributed by atoms with E-state index in [2.05, 4.69) is 0 Å². The maximum atomic E-state index is 12.0. The van der Waals surface area contributed by atoms with Gasteiger partial charge in [0.2, 0.25) is 10.0 Å². The van der Waals surface area contributed by atoms with Gasteiger partial charge in [-0.25, -0.2) is 8.42 Å². The maximum absolute atomic E-state index is 12.0. The Morgan fingerprint density at radius 3 is 2.67 bits per heavy atom. The third kappa shape index (κ3) is 2.98. The number of hydrogen-bond acceptors (Lipinski definition) is 4. The Morgan fingerprint density at radius 2 is 2.17 bits per heavy atom. The van der Waals surface area contributed by atoms with Crippen LogP contribution in [0.3, 0.4) is 0 Å². The number of halogens is 1. The summed E-state index contributed by atoms with van der Waals surface area (Å²) in [5.41, 5.74) is 0.127. The molecule has 0 aliphatic carbocycles. The summed E-state index contributed by atoms with van der Waals surface area (Å²) in [5.74, 6) is -1.28. The molecule has 6 nitrogen and oxygen atoms in total. The highest BCUT2D eigenvalue weighted by Crippen LogP contribution is 2.24. The molecule has 0 radical (unpaired) electrons. The molecule has 0 saturated heterocycles. The topological polar surface area (TPSA) is 98.5 Å². The molecule has 0 amide bonds. The monoisotopic (exact) mass is 288 g/mol. The molecule has 0 bridgehead atoms. The lowest BCUT2D eigenvalue weighted by Gasteiger charge is -2.15. The lowest BCUT2D eigenvalue weighted by atomic mass is 10.2. The average molecular weight is 289 g/mol. The second-order valence-corrected chi connectivity index (χ2v) is 5.83. The molecule has 0 aromatic heterocycles. The summed E-state index contributed by atoms with van der Waals surface area (Å²) in [4.78, 5) is 10.2. The number of carboxylic acid groups (broad SMARTS) is 1. The van der Waals surface area contributed by atoms with Crippen molar-refractivity contribution in [2.45, 2.75) is 4.90 Å². The second kappa shape index (κ2) is 5.35. The van der Waals surface area contributed by atoms with Gasteiger partial charge in [0.15, 0.2) is 0 Å². The molecule has 1 rings (SSSR count). The van der Waals surface area contributed by atoms with Crippen LogP contribution in [0.25, 0.3) is 0 Å². The maximum Gasteiger partial charge on any atom is 0.318 e. The predicted octanol–water partition coefficient (Wildman–Crippen LogP) is 0.917. The van der Waals surface area contributed by atoms with E-state index in [4.69, 9.17) is 22.0 Å². The third-order valence-electron chi connectivity index (χ3n) is 2.11. The molecule has 0 unspecified atom stereocenters. The minimum atomic E-state index is -4.03. The van der Waals surface area contributed by atoms with E-state index >= 15 is 0 Å². The molecule has 0 saturated carbocycles. The number of carboxylic acids is 1. The summed E-state index contributed by atoms with van der Waals surface area (Å²) in [6.45, 7) is -0.685. The second-order valence-electron chi connectivity index (χ2n) is 3.41. The van der Waals surface area contributed by atoms with E-state index in [-0.39, 0.29) is 15.5 Å². The Bertz CT molecular complexity index is 621. The van der Waals surface area contributed by atoms with Gasteiger partial charge in [-0.2, -0.15) is 9.57 Å². The van der Waals surface area contributed by atoms with Crippen LogP contribution in [0.1, 0.15) is 5.56 Å². The van der Waals surface area contributed by atoms with Crippen molar-refractivity contribution in [3.63, 3.8) is 0 Å². The van der Waals surface area contributed by atoms with Gasteiger partial charge >= 0.3 is 5.97 Å². The lowest BCUT2D eigenvalue weighted by molar-refractivity contribution is -0.137. The van der Waals surface area contributed by atoms with Gasteiger partial charge < -0.3 is 5.11 Å². The highest BCUT2D eigenvalue weighted by atomic mass is 35.5. The minimum Gasteiger partial charge on any atom is -0.480 e. The van der Waals surface area contributed by atoms with Crippen molar-refractivity contribution in [2.75, 3.05) is 13.6 Å². The predicted molar refractivity (Wildman–Crippen MR) is 63.6 cm³/mol. The zero-order valence-electron chi connectivity index (χ0n) is 9.29. The molecule has 1 aromatic carbocycles. The number of hydrogen-bond donors (Lipinski definition) is 1. The van der Waals surface area contributed by atoms with Gasteiger partial charge in [0, 0.05) is 7.05 Å². The van der Waals surface area contributed by atoms with E-state index in [1.807, 2.05) is 0 Å². The molecule has 18 heavy (non-hydrogen) atoms. The zero-order valence-corrected chi connectivity index (χ0v) is 10.9. The van der Waals surface area contributed by atoms with Crippen molar-refractivity contribution < 1.29 is 18.3 Å². The number of nitrogens with zero attached hydrogens (tertiary/aromatic N) is 2. The van der Waals surface area contributed by atoms with Gasteiger partial charge in [-0.15, -0.1) is 0 Å². The fraction of sp³-hybridized carbons (Fsp3) is 0.200. The van der Waals surface area contributed by atoms with Crippen LogP contribution in [-0.4, -0.2) is 37.4 Å². The number of nitriles is 1. The summed E-state index contributed by atoms with van der Waals surface area (Å²) in [5, 5.41) is 17.2. The van der Waals surface area contributed by atoms with Gasteiger partial charge in [-0.05, 0) is 18.2 Å². The smallest absolute Gasteiger partial charge is 0.318 e. The fourth-order valence-electron chi connectivity index (χ4n) is 1.21. The van der Waals surface area contributed by atoms with Gasteiger partial charge in [0.25, 0.3) is 0 Å². The molecule has 0 heterocycles. The van der Waals surface area contributed by atoms with Crippen LogP contribution < -0.4 is 0 Å². The van der Waals surface area contributed by atoms with Crippen molar-refractivity contribution in [1.29, 1.82) is 5.26 Å². The minimum absolute atomic E-state index is 0.0637. The number of benzene rings is 1. The van der Waals surface area contributed by atoms with Crippen molar-refractivity contribution in [2.24, 2.45) is 0 Å². The number of carbonyl (C=O) groups is 1. The number of rotatable bonds is 4. The Kier molecular flexibility index (Phi) is 4.29. The molecular weight excluding hydrogens is 280 g/mol. The van der Waals surface area contributed by atoms with Crippen molar-refractivity contribution >= 4 is 27.6 Å². The third-order valence-corrected chi connectivity index (χ3v) is 4.39. The molecule has 0 spiro atoms. The number of likely N-dealkylation sites (N-methyl/N-ethyl adjacent to an activating group) is 1. The van der Waals surface area contributed by atoms with Crippen molar-refractivity contribution in [3.05, 3.63) is 28.8 Å². The van der Waals surface area contributed by atoms with Crippen LogP contribution in [-0.2, 0) is 14.8 Å². The summed E-state index contributed by atoms with van der Waals surface area (Å²) in [7, 11) is -2.90. The van der Waals surface area contributed by atoms with Crippen molar-refractivity contribution in [3.8, 4) is 6.07 Å². The van der Waals surface area contributed by atoms with Crippen LogP contribution in [0.15, 0.2) is 23.1 Å². The van der Waals surface area contributed by atoms with E-state index in [0.717, 1.165) is 13.1 Å². The van der Waals surface area contributed by atoms with Crippen molar-refractivity contribution in [1.82, 2.24) is 4.31 Å². The molecule has 8 heteroatoms. The molecule has 96 valence electrons. The first-order valence-corrected chi connectivity index (χ1v) is 6.48. The molecule has 1 N–H and O–H groups in total. The van der Waals surface area contributed by atoms with Gasteiger partial charge in [0.1, 0.15) is 11.4 Å². The largest absolute Gasteiger partial charge is 0.480 e. The van der Waals surface area contributed by atoms with Gasteiger partial charge in [-0.3, -0.25) is 4.79 Å². The first kappa shape index (κ1) is 14.4. The average Bonchev–Trinajstić information content (AvgIpc) is 2.28. The van der Waals surface area contributed by atoms with E-state index in [1.165, 1.54) is 12.1 Å². The van der Waals surface area contributed by atoms with E-state index in [9.17, 15) is 13.2 Å². The SMILES string of the molecule is CN(CC(=O)O)S(=O)(=O)c1cc(C#N)ccc1Cl. The Morgan fingerprint density at radius 1 is 1.56 bits per heavy atom. The van der Waals surface area contributed by atoms with Gasteiger partial charge in [0.05, 0.1) is 16.7 Å². The number of aliphatic carboxylic acids is 1. The van der Waals surface area contributed by atoms with Crippen LogP contribution in [0.2, 0.25) is 5.02 Å². The molecule has 1 aromatic rings.